The van der Waals surface area contributed by atoms with Gasteiger partial charge in [-0.1, -0.05) is 109 Å². The minimum Gasteiger partial charge on any atom is -0.490 e. The number of benzene rings is 7. The molecular formula is C50H40N2O4. The summed E-state index contributed by atoms with van der Waals surface area (Å²) in [5, 5.41) is 8.99. The van der Waals surface area contributed by atoms with E-state index in [1.807, 2.05) is 36.9 Å². The van der Waals surface area contributed by atoms with Gasteiger partial charge in [0.15, 0.2) is 0 Å². The topological polar surface area (TPSA) is 62.7 Å². The van der Waals surface area contributed by atoms with Crippen molar-refractivity contribution in [3.8, 4) is 56.0 Å². The average Bonchev–Trinajstić information content (AvgIpc) is 3.25. The number of nitrogens with zero attached hydrogens (tertiary/aromatic N) is 2. The summed E-state index contributed by atoms with van der Waals surface area (Å²) in [5.74, 6) is 1.42. The Balaban J connectivity index is 1.42. The molecule has 2 aromatic heterocycles. The van der Waals surface area contributed by atoms with Gasteiger partial charge < -0.3 is 18.9 Å². The van der Waals surface area contributed by atoms with E-state index in [-0.39, 0.29) is 0 Å². The maximum atomic E-state index is 6.68. The van der Waals surface area contributed by atoms with Gasteiger partial charge in [0, 0.05) is 78.5 Å². The first-order chi connectivity index (χ1) is 27.8. The molecule has 0 fully saturated rings. The molecule has 6 nitrogen and oxygen atoms in total. The predicted octanol–water partition coefficient (Wildman–Crippen LogP) is 11.8. The van der Waals surface area contributed by atoms with Crippen molar-refractivity contribution in [2.45, 2.75) is 0 Å². The zero-order valence-corrected chi connectivity index (χ0v) is 31.4. The molecule has 6 heteroatoms. The first-order valence-electron chi connectivity index (χ1n) is 18.9. The summed E-state index contributed by atoms with van der Waals surface area (Å²) in [7, 11) is 3.38. The molecular weight excluding hydrogens is 693 g/mol. The van der Waals surface area contributed by atoms with Crippen molar-refractivity contribution < 1.29 is 18.9 Å². The van der Waals surface area contributed by atoms with Crippen molar-refractivity contribution in [1.82, 2.24) is 9.97 Å². The summed E-state index contributed by atoms with van der Waals surface area (Å²) < 4.78 is 24.3. The lowest BCUT2D eigenvalue weighted by Crippen LogP contribution is -2.08. The smallest absolute Gasteiger partial charge is 0.131 e. The summed E-state index contributed by atoms with van der Waals surface area (Å²) in [5.41, 5.74) is 8.53. The molecule has 0 saturated carbocycles. The number of ether oxygens (including phenoxy) is 4. The molecule has 0 aliphatic heterocycles. The number of rotatable bonds is 12. The van der Waals surface area contributed by atoms with E-state index in [0.29, 0.717) is 37.9 Å². The van der Waals surface area contributed by atoms with Crippen LogP contribution >= 0.6 is 0 Å². The van der Waals surface area contributed by atoms with Crippen LogP contribution in [0.2, 0.25) is 0 Å². The second-order valence-electron chi connectivity index (χ2n) is 13.7. The molecule has 7 aromatic carbocycles. The van der Waals surface area contributed by atoms with Crippen molar-refractivity contribution in [2.75, 3.05) is 40.6 Å². The quantitative estimate of drug-likeness (QED) is 0.0920. The van der Waals surface area contributed by atoms with Crippen molar-refractivity contribution in [2.24, 2.45) is 0 Å². The van der Waals surface area contributed by atoms with Gasteiger partial charge in [-0.2, -0.15) is 0 Å². The first-order valence-corrected chi connectivity index (χ1v) is 18.9. The van der Waals surface area contributed by atoms with Gasteiger partial charge in [-0.15, -0.1) is 0 Å². The first kappa shape index (κ1) is 35.1. The standard InChI is InChI=1S/C50H40N2O4/c1-53-25-27-55-45-30-46(56-28-26-54-2)44(50-41-21-9-5-17-37(41)48(34-14-12-24-52-32-34)38-18-6-10-22-42(38)50)29-43(45)49-39-19-7-3-15-35(39)47(33-13-11-23-51-31-33)36-16-4-8-20-40(36)49/h3-24,29-32H,25-28H2,1-2H3. The Morgan fingerprint density at radius 3 is 1.02 bits per heavy atom. The van der Waals surface area contributed by atoms with Crippen LogP contribution in [0.3, 0.4) is 0 Å². The molecule has 0 radical (unpaired) electrons. The zero-order chi connectivity index (χ0) is 37.8. The molecule has 274 valence electrons. The third-order valence-electron chi connectivity index (χ3n) is 10.5. The normalized spacial score (nSPS) is 11.5. The van der Waals surface area contributed by atoms with Crippen LogP contribution in [0, 0.1) is 0 Å². The van der Waals surface area contributed by atoms with Crippen LogP contribution in [-0.4, -0.2) is 50.6 Å². The third kappa shape index (κ3) is 6.29. The van der Waals surface area contributed by atoms with Crippen LogP contribution in [0.4, 0.5) is 0 Å². The van der Waals surface area contributed by atoms with E-state index in [1.54, 1.807) is 14.2 Å². The molecule has 0 amide bonds. The Morgan fingerprint density at radius 1 is 0.375 bits per heavy atom. The molecule has 0 aliphatic carbocycles. The fraction of sp³-hybridized carbons (Fsp3) is 0.120. The van der Waals surface area contributed by atoms with Crippen LogP contribution in [0.5, 0.6) is 11.5 Å². The highest BCUT2D eigenvalue weighted by Crippen LogP contribution is 2.51. The molecule has 0 unspecified atom stereocenters. The lowest BCUT2D eigenvalue weighted by Gasteiger charge is -2.23. The lowest BCUT2D eigenvalue weighted by atomic mass is 9.83. The van der Waals surface area contributed by atoms with E-state index < -0.39 is 0 Å². The van der Waals surface area contributed by atoms with Crippen LogP contribution in [0.25, 0.3) is 87.6 Å². The minimum atomic E-state index is 0.371. The van der Waals surface area contributed by atoms with Crippen LogP contribution < -0.4 is 9.47 Å². The molecule has 9 aromatic rings. The van der Waals surface area contributed by atoms with Crippen molar-refractivity contribution in [3.63, 3.8) is 0 Å². The second kappa shape index (κ2) is 15.6. The van der Waals surface area contributed by atoms with Gasteiger partial charge in [-0.25, -0.2) is 0 Å². The van der Waals surface area contributed by atoms with E-state index in [0.717, 1.165) is 87.6 Å². The van der Waals surface area contributed by atoms with Gasteiger partial charge in [-0.05, 0) is 72.4 Å². The summed E-state index contributed by atoms with van der Waals surface area (Å²) in [4.78, 5) is 9.03. The third-order valence-corrected chi connectivity index (χ3v) is 10.5. The average molecular weight is 733 g/mol. The largest absolute Gasteiger partial charge is 0.490 e. The molecule has 0 N–H and O–H groups in total. The highest BCUT2D eigenvalue weighted by atomic mass is 16.5. The number of fused-ring (bicyclic) bond motifs is 4. The second-order valence-corrected chi connectivity index (χ2v) is 13.7. The molecule has 0 spiro atoms. The summed E-state index contributed by atoms with van der Waals surface area (Å²) in [6.45, 7) is 1.62. The van der Waals surface area contributed by atoms with Gasteiger partial charge in [0.25, 0.3) is 0 Å². The molecule has 9 rings (SSSR count). The SMILES string of the molecule is COCCOc1cc(OCCOC)c(-c2c3ccccc3c(-c3cccnc3)c3ccccc23)cc1-c1c2ccccc2c(-c2cccnc2)c2ccccc12. The fourth-order valence-electron chi connectivity index (χ4n) is 8.14. The summed E-state index contributed by atoms with van der Waals surface area (Å²) in [6, 6.07) is 47.2. The van der Waals surface area contributed by atoms with Crippen LogP contribution in [-0.2, 0) is 9.47 Å². The number of pyridine rings is 2. The van der Waals surface area contributed by atoms with Crippen LogP contribution in [0.15, 0.2) is 158 Å². The van der Waals surface area contributed by atoms with Crippen molar-refractivity contribution >= 4 is 43.1 Å². The Labute approximate surface area is 325 Å². The van der Waals surface area contributed by atoms with Gasteiger partial charge in [-0.3, -0.25) is 9.97 Å². The monoisotopic (exact) mass is 732 g/mol. The fourth-order valence-corrected chi connectivity index (χ4v) is 8.14. The van der Waals surface area contributed by atoms with Gasteiger partial charge in [0.05, 0.1) is 13.2 Å². The number of hydrogen-bond donors (Lipinski definition) is 0. The van der Waals surface area contributed by atoms with Crippen molar-refractivity contribution in [3.05, 3.63) is 158 Å². The van der Waals surface area contributed by atoms with E-state index in [1.165, 1.54) is 0 Å². The molecule has 0 bridgehead atoms. The van der Waals surface area contributed by atoms with E-state index in [9.17, 15) is 0 Å². The summed E-state index contributed by atoms with van der Waals surface area (Å²) in [6.07, 6.45) is 7.53. The van der Waals surface area contributed by atoms with E-state index in [4.69, 9.17) is 18.9 Å². The Hall–Kier alpha value is -6.60. The van der Waals surface area contributed by atoms with Gasteiger partial charge in [0.2, 0.25) is 0 Å². The maximum absolute atomic E-state index is 6.68. The maximum Gasteiger partial charge on any atom is 0.131 e. The van der Waals surface area contributed by atoms with Gasteiger partial charge in [0.1, 0.15) is 24.7 Å². The Kier molecular flexibility index (Phi) is 9.81. The van der Waals surface area contributed by atoms with Crippen LogP contribution in [0.1, 0.15) is 0 Å². The number of hydrogen-bond acceptors (Lipinski definition) is 6. The Bertz CT molecular complexity index is 2530. The predicted molar refractivity (Wildman–Crippen MR) is 229 cm³/mol. The van der Waals surface area contributed by atoms with Gasteiger partial charge >= 0.3 is 0 Å². The lowest BCUT2D eigenvalue weighted by molar-refractivity contribution is 0.143. The molecule has 0 saturated heterocycles. The van der Waals surface area contributed by atoms with Crippen molar-refractivity contribution in [1.29, 1.82) is 0 Å². The highest BCUT2D eigenvalue weighted by molar-refractivity contribution is 6.24. The molecule has 0 atom stereocenters. The van der Waals surface area contributed by atoms with E-state index in [2.05, 4.69) is 131 Å². The zero-order valence-electron chi connectivity index (χ0n) is 31.4. The minimum absolute atomic E-state index is 0.371. The van der Waals surface area contributed by atoms with E-state index >= 15 is 0 Å². The molecule has 56 heavy (non-hydrogen) atoms. The molecule has 2 heterocycles. The summed E-state index contributed by atoms with van der Waals surface area (Å²) >= 11 is 0. The highest BCUT2D eigenvalue weighted by Gasteiger charge is 2.25. The number of aromatic nitrogens is 2. The Morgan fingerprint density at radius 2 is 0.714 bits per heavy atom. The molecule has 0 aliphatic rings. The number of methoxy groups -OCH3 is 2.